The van der Waals surface area contributed by atoms with Crippen LogP contribution in [-0.2, 0) is 13.1 Å². The van der Waals surface area contributed by atoms with Gasteiger partial charge in [0, 0.05) is 13.1 Å². The summed E-state index contributed by atoms with van der Waals surface area (Å²) in [6.45, 7) is 5.07. The van der Waals surface area contributed by atoms with Crippen molar-refractivity contribution in [3.63, 3.8) is 0 Å². The van der Waals surface area contributed by atoms with Gasteiger partial charge >= 0.3 is 0 Å². The summed E-state index contributed by atoms with van der Waals surface area (Å²) >= 11 is 0. The molecule has 2 rings (SSSR count). The standard InChI is InChI=1S/C7H11N3.ClH/c1-6-4-7-5-8-2-3-10(7)9-6;/h4,8H,2-3,5H2,1H3;1H. The highest BCUT2D eigenvalue weighted by Crippen LogP contribution is 2.05. The Morgan fingerprint density at radius 1 is 1.64 bits per heavy atom. The van der Waals surface area contributed by atoms with Gasteiger partial charge in [-0.2, -0.15) is 5.10 Å². The zero-order chi connectivity index (χ0) is 6.97. The monoisotopic (exact) mass is 173 g/mol. The van der Waals surface area contributed by atoms with E-state index in [0.717, 1.165) is 25.3 Å². The Kier molecular flexibility index (Phi) is 2.52. The SMILES string of the molecule is Cc1cc2n(n1)CCNC2.Cl. The van der Waals surface area contributed by atoms with Gasteiger partial charge in [-0.25, -0.2) is 0 Å². The van der Waals surface area contributed by atoms with Gasteiger partial charge in [-0.05, 0) is 13.0 Å². The van der Waals surface area contributed by atoms with Crippen LogP contribution in [0, 0.1) is 6.92 Å². The molecule has 11 heavy (non-hydrogen) atoms. The van der Waals surface area contributed by atoms with Gasteiger partial charge in [-0.3, -0.25) is 4.68 Å². The van der Waals surface area contributed by atoms with Crippen LogP contribution < -0.4 is 5.32 Å². The molecule has 1 aromatic heterocycles. The minimum absolute atomic E-state index is 0. The molecule has 1 aliphatic rings. The molecule has 0 radical (unpaired) electrons. The van der Waals surface area contributed by atoms with E-state index in [4.69, 9.17) is 0 Å². The molecule has 1 aliphatic heterocycles. The first-order chi connectivity index (χ1) is 4.86. The van der Waals surface area contributed by atoms with Gasteiger partial charge < -0.3 is 5.32 Å². The number of aromatic nitrogens is 2. The van der Waals surface area contributed by atoms with E-state index in [1.54, 1.807) is 0 Å². The average Bonchev–Trinajstić information content (AvgIpc) is 2.27. The molecule has 0 atom stereocenters. The lowest BCUT2D eigenvalue weighted by molar-refractivity contribution is 0.474. The number of fused-ring (bicyclic) bond motifs is 1. The quantitative estimate of drug-likeness (QED) is 0.627. The summed E-state index contributed by atoms with van der Waals surface area (Å²) < 4.78 is 2.08. The van der Waals surface area contributed by atoms with Crippen molar-refractivity contribution in [3.05, 3.63) is 17.5 Å². The van der Waals surface area contributed by atoms with Crippen molar-refractivity contribution in [1.82, 2.24) is 15.1 Å². The minimum atomic E-state index is 0. The Labute approximate surface area is 72.2 Å². The fourth-order valence-electron chi connectivity index (χ4n) is 1.34. The molecule has 2 heterocycles. The highest BCUT2D eigenvalue weighted by atomic mass is 35.5. The second kappa shape index (κ2) is 3.24. The summed E-state index contributed by atoms with van der Waals surface area (Å²) in [5.74, 6) is 0. The molecular formula is C7H12ClN3. The Morgan fingerprint density at radius 3 is 3.18 bits per heavy atom. The molecule has 0 aliphatic carbocycles. The summed E-state index contributed by atoms with van der Waals surface area (Å²) in [6, 6.07) is 2.13. The molecule has 1 aromatic rings. The molecule has 0 fully saturated rings. The average molecular weight is 174 g/mol. The van der Waals surface area contributed by atoms with Gasteiger partial charge in [0.1, 0.15) is 0 Å². The maximum atomic E-state index is 4.33. The molecule has 0 unspecified atom stereocenters. The molecule has 3 nitrogen and oxygen atoms in total. The van der Waals surface area contributed by atoms with E-state index < -0.39 is 0 Å². The lowest BCUT2D eigenvalue weighted by atomic mass is 10.3. The van der Waals surface area contributed by atoms with Crippen LogP contribution in [0.15, 0.2) is 6.07 Å². The van der Waals surface area contributed by atoms with E-state index in [-0.39, 0.29) is 12.4 Å². The Morgan fingerprint density at radius 2 is 2.45 bits per heavy atom. The van der Waals surface area contributed by atoms with E-state index >= 15 is 0 Å². The van der Waals surface area contributed by atoms with Crippen LogP contribution in [-0.4, -0.2) is 16.3 Å². The highest BCUT2D eigenvalue weighted by Gasteiger charge is 2.08. The first kappa shape index (κ1) is 8.56. The van der Waals surface area contributed by atoms with Crippen LogP contribution in [0.2, 0.25) is 0 Å². The largest absolute Gasteiger partial charge is 0.309 e. The number of nitrogens with one attached hydrogen (secondary N) is 1. The third kappa shape index (κ3) is 1.54. The molecule has 0 bridgehead atoms. The third-order valence-electron chi connectivity index (χ3n) is 1.79. The predicted octanol–water partition coefficient (Wildman–Crippen LogP) is 0.717. The summed E-state index contributed by atoms with van der Waals surface area (Å²) in [4.78, 5) is 0. The Bertz CT molecular complexity index is 220. The summed E-state index contributed by atoms with van der Waals surface area (Å²) in [7, 11) is 0. The normalized spacial score (nSPS) is 15.4. The predicted molar refractivity (Wildman–Crippen MR) is 45.9 cm³/mol. The second-order valence-corrected chi connectivity index (χ2v) is 2.68. The van der Waals surface area contributed by atoms with Crippen LogP contribution in [0.3, 0.4) is 0 Å². The molecule has 4 heteroatoms. The van der Waals surface area contributed by atoms with Crippen molar-refractivity contribution in [2.75, 3.05) is 6.54 Å². The van der Waals surface area contributed by atoms with Gasteiger partial charge in [-0.15, -0.1) is 12.4 Å². The maximum Gasteiger partial charge on any atom is 0.0597 e. The van der Waals surface area contributed by atoms with Crippen LogP contribution in [0.1, 0.15) is 11.4 Å². The maximum absolute atomic E-state index is 4.33. The lowest BCUT2D eigenvalue weighted by Crippen LogP contribution is -2.28. The number of hydrogen-bond acceptors (Lipinski definition) is 2. The van der Waals surface area contributed by atoms with Crippen molar-refractivity contribution >= 4 is 12.4 Å². The molecule has 62 valence electrons. The highest BCUT2D eigenvalue weighted by molar-refractivity contribution is 5.85. The molecule has 0 saturated heterocycles. The number of rotatable bonds is 0. The van der Waals surface area contributed by atoms with Gasteiger partial charge in [0.15, 0.2) is 0 Å². The number of hydrogen-bond donors (Lipinski definition) is 1. The third-order valence-corrected chi connectivity index (χ3v) is 1.79. The van der Waals surface area contributed by atoms with E-state index in [2.05, 4.69) is 21.2 Å². The Hall–Kier alpha value is -0.540. The van der Waals surface area contributed by atoms with E-state index in [1.165, 1.54) is 5.69 Å². The summed E-state index contributed by atoms with van der Waals surface area (Å²) in [5, 5.41) is 7.62. The fourth-order valence-corrected chi connectivity index (χ4v) is 1.34. The van der Waals surface area contributed by atoms with Crippen LogP contribution in [0.25, 0.3) is 0 Å². The Balaban J connectivity index is 0.000000605. The van der Waals surface area contributed by atoms with E-state index in [0.29, 0.717) is 0 Å². The topological polar surface area (TPSA) is 29.9 Å². The van der Waals surface area contributed by atoms with Crippen molar-refractivity contribution in [2.45, 2.75) is 20.0 Å². The van der Waals surface area contributed by atoms with E-state index in [9.17, 15) is 0 Å². The van der Waals surface area contributed by atoms with Gasteiger partial charge in [0.05, 0.1) is 17.9 Å². The lowest BCUT2D eigenvalue weighted by Gasteiger charge is -2.13. The number of aryl methyl sites for hydroxylation is 1. The smallest absolute Gasteiger partial charge is 0.0597 e. The van der Waals surface area contributed by atoms with Gasteiger partial charge in [-0.1, -0.05) is 0 Å². The summed E-state index contributed by atoms with van der Waals surface area (Å²) in [5.41, 5.74) is 2.43. The molecule has 0 saturated carbocycles. The van der Waals surface area contributed by atoms with Crippen LogP contribution in [0.5, 0.6) is 0 Å². The molecular weight excluding hydrogens is 162 g/mol. The van der Waals surface area contributed by atoms with Crippen LogP contribution >= 0.6 is 12.4 Å². The molecule has 0 amide bonds. The fraction of sp³-hybridized carbons (Fsp3) is 0.571. The minimum Gasteiger partial charge on any atom is -0.309 e. The summed E-state index contributed by atoms with van der Waals surface area (Å²) in [6.07, 6.45) is 0. The number of halogens is 1. The molecule has 1 N–H and O–H groups in total. The zero-order valence-corrected chi connectivity index (χ0v) is 7.32. The van der Waals surface area contributed by atoms with Crippen molar-refractivity contribution in [2.24, 2.45) is 0 Å². The van der Waals surface area contributed by atoms with Crippen LogP contribution in [0.4, 0.5) is 0 Å². The van der Waals surface area contributed by atoms with Gasteiger partial charge in [0.25, 0.3) is 0 Å². The van der Waals surface area contributed by atoms with Crippen molar-refractivity contribution in [1.29, 1.82) is 0 Å². The van der Waals surface area contributed by atoms with Crippen molar-refractivity contribution in [3.8, 4) is 0 Å². The van der Waals surface area contributed by atoms with Crippen molar-refractivity contribution < 1.29 is 0 Å². The molecule has 0 aromatic carbocycles. The number of nitrogens with zero attached hydrogens (tertiary/aromatic N) is 2. The zero-order valence-electron chi connectivity index (χ0n) is 6.50. The molecule has 0 spiro atoms. The van der Waals surface area contributed by atoms with E-state index in [1.807, 2.05) is 6.92 Å². The second-order valence-electron chi connectivity index (χ2n) is 2.68. The first-order valence-corrected chi connectivity index (χ1v) is 3.60. The van der Waals surface area contributed by atoms with Gasteiger partial charge in [0.2, 0.25) is 0 Å². The first-order valence-electron chi connectivity index (χ1n) is 3.60.